The third kappa shape index (κ3) is 3.74. The molecule has 0 aliphatic carbocycles. The van der Waals surface area contributed by atoms with Crippen molar-refractivity contribution in [1.82, 2.24) is 0 Å². The maximum absolute atomic E-state index is 6.02. The summed E-state index contributed by atoms with van der Waals surface area (Å²) in [6, 6.07) is 10.6. The van der Waals surface area contributed by atoms with Crippen LogP contribution in [0.1, 0.15) is 11.1 Å². The predicted molar refractivity (Wildman–Crippen MR) is 88.1 cm³/mol. The molecule has 102 valence electrons. The summed E-state index contributed by atoms with van der Waals surface area (Å²) in [6.45, 7) is 0. The normalized spacial score (nSPS) is 11.6. The highest BCUT2D eigenvalue weighted by Crippen LogP contribution is 2.25. The molecule has 0 saturated carbocycles. The monoisotopic (exact) mass is 344 g/mol. The van der Waals surface area contributed by atoms with Gasteiger partial charge in [-0.25, -0.2) is 0 Å². The molecule has 0 N–H and O–H groups in total. The molecule has 2 aromatic rings. The van der Waals surface area contributed by atoms with E-state index in [9.17, 15) is 0 Å². The number of halogens is 4. The molecule has 0 heterocycles. The third-order valence-corrected chi connectivity index (χ3v) is 4.09. The van der Waals surface area contributed by atoms with Crippen LogP contribution in [-0.4, -0.2) is 12.4 Å². The molecule has 0 atom stereocenters. The third-order valence-electron chi connectivity index (χ3n) is 2.42. The van der Waals surface area contributed by atoms with E-state index in [1.54, 1.807) is 36.4 Å². The van der Waals surface area contributed by atoms with E-state index in [1.165, 1.54) is 12.4 Å². The summed E-state index contributed by atoms with van der Waals surface area (Å²) in [7, 11) is 0. The molecular formula is C14H8Cl4N2. The smallest absolute Gasteiger partial charge is 0.0680 e. The van der Waals surface area contributed by atoms with Crippen LogP contribution in [0.3, 0.4) is 0 Å². The van der Waals surface area contributed by atoms with Gasteiger partial charge in [0.2, 0.25) is 0 Å². The van der Waals surface area contributed by atoms with E-state index in [2.05, 4.69) is 10.2 Å². The van der Waals surface area contributed by atoms with E-state index in [0.717, 1.165) is 0 Å². The van der Waals surface area contributed by atoms with Crippen LogP contribution >= 0.6 is 46.4 Å². The van der Waals surface area contributed by atoms with Crippen LogP contribution < -0.4 is 0 Å². The van der Waals surface area contributed by atoms with Crippen molar-refractivity contribution in [2.24, 2.45) is 10.2 Å². The van der Waals surface area contributed by atoms with Gasteiger partial charge in [0.1, 0.15) is 0 Å². The minimum absolute atomic E-state index is 0.439. The molecule has 0 saturated heterocycles. The Morgan fingerprint density at radius 2 is 1.05 bits per heavy atom. The molecule has 0 aromatic heterocycles. The summed E-state index contributed by atoms with van der Waals surface area (Å²) < 4.78 is 0. The Morgan fingerprint density at radius 1 is 0.650 bits per heavy atom. The van der Waals surface area contributed by atoms with Crippen molar-refractivity contribution < 1.29 is 0 Å². The molecular weight excluding hydrogens is 338 g/mol. The highest BCUT2D eigenvalue weighted by atomic mass is 35.5. The fourth-order valence-electron chi connectivity index (χ4n) is 1.43. The van der Waals surface area contributed by atoms with E-state index >= 15 is 0 Å². The van der Waals surface area contributed by atoms with E-state index in [-0.39, 0.29) is 0 Å². The highest BCUT2D eigenvalue weighted by molar-refractivity contribution is 6.44. The van der Waals surface area contributed by atoms with Crippen molar-refractivity contribution in [2.75, 3.05) is 0 Å². The van der Waals surface area contributed by atoms with Crippen LogP contribution in [0.4, 0.5) is 0 Å². The van der Waals surface area contributed by atoms with Crippen LogP contribution in [0.2, 0.25) is 20.1 Å². The Morgan fingerprint density at radius 3 is 1.45 bits per heavy atom. The zero-order valence-electron chi connectivity index (χ0n) is 10.0. The second kappa shape index (κ2) is 7.09. The lowest BCUT2D eigenvalue weighted by atomic mass is 10.2. The second-order valence-corrected chi connectivity index (χ2v) is 5.35. The summed E-state index contributed by atoms with van der Waals surface area (Å²) in [5, 5.41) is 9.64. The van der Waals surface area contributed by atoms with Crippen LogP contribution in [0, 0.1) is 0 Å². The van der Waals surface area contributed by atoms with Crippen molar-refractivity contribution in [1.29, 1.82) is 0 Å². The lowest BCUT2D eigenvalue weighted by Gasteiger charge is -1.99. The van der Waals surface area contributed by atoms with Gasteiger partial charge in [-0.2, -0.15) is 10.2 Å². The average molecular weight is 346 g/mol. The van der Waals surface area contributed by atoms with Crippen LogP contribution in [0.5, 0.6) is 0 Å². The van der Waals surface area contributed by atoms with Crippen molar-refractivity contribution in [2.45, 2.75) is 0 Å². The molecule has 0 radical (unpaired) electrons. The summed E-state index contributed by atoms with van der Waals surface area (Å²) >= 11 is 23.8. The Hall–Kier alpha value is -1.06. The maximum Gasteiger partial charge on any atom is 0.0680 e. The molecule has 0 fully saturated rings. The Kier molecular flexibility index (Phi) is 5.44. The quantitative estimate of drug-likeness (QED) is 0.499. The van der Waals surface area contributed by atoms with Gasteiger partial charge in [0.05, 0.1) is 32.5 Å². The summed E-state index contributed by atoms with van der Waals surface area (Å²) in [5.74, 6) is 0. The fourth-order valence-corrected chi connectivity index (χ4v) is 2.14. The van der Waals surface area contributed by atoms with Gasteiger partial charge in [-0.15, -0.1) is 0 Å². The molecule has 0 spiro atoms. The lowest BCUT2D eigenvalue weighted by molar-refractivity contribution is 1.26. The zero-order chi connectivity index (χ0) is 14.5. The molecule has 6 heteroatoms. The van der Waals surface area contributed by atoms with Gasteiger partial charge in [0.25, 0.3) is 0 Å². The van der Waals surface area contributed by atoms with E-state index in [0.29, 0.717) is 31.2 Å². The van der Waals surface area contributed by atoms with Crippen LogP contribution in [-0.2, 0) is 0 Å². The summed E-state index contributed by atoms with van der Waals surface area (Å²) in [4.78, 5) is 0. The van der Waals surface area contributed by atoms with Gasteiger partial charge < -0.3 is 0 Å². The van der Waals surface area contributed by atoms with Gasteiger partial charge in [0, 0.05) is 11.1 Å². The molecule has 0 bridgehead atoms. The van der Waals surface area contributed by atoms with Crippen molar-refractivity contribution in [3.63, 3.8) is 0 Å². The molecule has 2 aromatic carbocycles. The molecule has 0 amide bonds. The van der Waals surface area contributed by atoms with Crippen LogP contribution in [0.15, 0.2) is 46.6 Å². The first-order valence-corrected chi connectivity index (χ1v) is 7.05. The largest absolute Gasteiger partial charge is 0.158 e. The number of hydrogen-bond acceptors (Lipinski definition) is 2. The molecule has 0 unspecified atom stereocenters. The van der Waals surface area contributed by atoms with Gasteiger partial charge in [-0.05, 0) is 12.1 Å². The molecule has 2 nitrogen and oxygen atoms in total. The number of hydrogen-bond donors (Lipinski definition) is 0. The van der Waals surface area contributed by atoms with Crippen molar-refractivity contribution >= 4 is 58.8 Å². The van der Waals surface area contributed by atoms with E-state index in [4.69, 9.17) is 46.4 Å². The minimum atomic E-state index is 0.439. The first kappa shape index (κ1) is 15.3. The Balaban J connectivity index is 2.15. The molecule has 20 heavy (non-hydrogen) atoms. The number of nitrogens with zero attached hydrogens (tertiary/aromatic N) is 2. The molecule has 2 rings (SSSR count). The predicted octanol–water partition coefficient (Wildman–Crippen LogP) is 5.75. The highest BCUT2D eigenvalue weighted by Gasteiger charge is 2.02. The molecule has 0 aliphatic rings. The molecule has 0 aliphatic heterocycles. The van der Waals surface area contributed by atoms with E-state index in [1.807, 2.05) is 0 Å². The number of benzene rings is 2. The standard InChI is InChI=1S/C14H8Cl4N2/c15-11-5-1-3-9(13(11)17)7-19-20-8-10-4-2-6-12(16)14(10)18/h1-8H/b19-7+,20-8+. The Bertz CT molecular complexity index is 621. The van der Waals surface area contributed by atoms with E-state index < -0.39 is 0 Å². The number of rotatable bonds is 3. The fraction of sp³-hybridized carbons (Fsp3) is 0. The topological polar surface area (TPSA) is 24.7 Å². The zero-order valence-corrected chi connectivity index (χ0v) is 13.0. The Labute approximate surface area is 136 Å². The van der Waals surface area contributed by atoms with Gasteiger partial charge >= 0.3 is 0 Å². The lowest BCUT2D eigenvalue weighted by Crippen LogP contribution is -1.85. The van der Waals surface area contributed by atoms with Crippen molar-refractivity contribution in [3.05, 3.63) is 67.6 Å². The summed E-state index contributed by atoms with van der Waals surface area (Å²) in [6.07, 6.45) is 3.03. The van der Waals surface area contributed by atoms with Gasteiger partial charge in [-0.3, -0.25) is 0 Å². The second-order valence-electron chi connectivity index (χ2n) is 3.78. The van der Waals surface area contributed by atoms with Crippen molar-refractivity contribution in [3.8, 4) is 0 Å². The maximum atomic E-state index is 6.02. The first-order chi connectivity index (χ1) is 9.59. The van der Waals surface area contributed by atoms with Gasteiger partial charge in [0.15, 0.2) is 0 Å². The first-order valence-electron chi connectivity index (χ1n) is 5.54. The SMILES string of the molecule is Clc1cccc(/C=N/N=C/c2cccc(Cl)c2Cl)c1Cl. The van der Waals surface area contributed by atoms with Crippen LogP contribution in [0.25, 0.3) is 0 Å². The minimum Gasteiger partial charge on any atom is -0.158 e. The van der Waals surface area contributed by atoms with Gasteiger partial charge in [-0.1, -0.05) is 70.7 Å². The average Bonchev–Trinajstić information content (AvgIpc) is 2.43. The summed E-state index contributed by atoms with van der Waals surface area (Å²) in [5.41, 5.74) is 1.38.